The fourth-order valence-corrected chi connectivity index (χ4v) is 4.61. The van der Waals surface area contributed by atoms with E-state index >= 15 is 0 Å². The molecule has 37 heavy (non-hydrogen) atoms. The van der Waals surface area contributed by atoms with Crippen LogP contribution < -0.4 is 10.5 Å². The minimum Gasteiger partial charge on any atom is -0.457 e. The van der Waals surface area contributed by atoms with Gasteiger partial charge in [-0.1, -0.05) is 17.7 Å². The lowest BCUT2D eigenvalue weighted by atomic mass is 10.0. The average Bonchev–Trinajstić information content (AvgIpc) is 3.55. The number of aromatic amines is 1. The van der Waals surface area contributed by atoms with Crippen LogP contribution in [0.15, 0.2) is 54.7 Å². The number of H-pyrrole nitrogens is 1. The van der Waals surface area contributed by atoms with Crippen molar-refractivity contribution in [2.24, 2.45) is 5.73 Å². The Morgan fingerprint density at radius 3 is 2.32 bits per heavy atom. The number of primary amides is 1. The fraction of sp³-hybridized carbons (Fsp3) is 0.321. The van der Waals surface area contributed by atoms with Crippen molar-refractivity contribution in [2.75, 3.05) is 13.1 Å². The molecular formula is C28H31N5O4. The molecule has 0 saturated carbocycles. The van der Waals surface area contributed by atoms with Gasteiger partial charge in [-0.25, -0.2) is 9.31 Å². The maximum atomic E-state index is 12.5. The van der Waals surface area contributed by atoms with Gasteiger partial charge in [-0.15, -0.1) is 0 Å². The zero-order valence-corrected chi connectivity index (χ0v) is 21.4. The zero-order valence-electron chi connectivity index (χ0n) is 21.4. The van der Waals surface area contributed by atoms with E-state index in [1.807, 2.05) is 76.2 Å². The van der Waals surface area contributed by atoms with Crippen molar-refractivity contribution in [3.63, 3.8) is 0 Å². The monoisotopic (exact) mass is 501 g/mol. The maximum Gasteiger partial charge on any atom is 0.410 e. The van der Waals surface area contributed by atoms with Gasteiger partial charge in [0.25, 0.3) is 5.91 Å². The molecule has 0 bridgehead atoms. The molecule has 1 aliphatic rings. The summed E-state index contributed by atoms with van der Waals surface area (Å²) in [6, 6.07) is 15.3. The molecule has 1 saturated heterocycles. The second kappa shape index (κ2) is 9.31. The molecule has 1 aliphatic heterocycles. The number of nitrogens with one attached hydrogen (secondary N) is 1. The van der Waals surface area contributed by atoms with Gasteiger partial charge in [0.15, 0.2) is 5.69 Å². The predicted molar refractivity (Wildman–Crippen MR) is 140 cm³/mol. The number of ether oxygens (including phenoxy) is 2. The first-order valence-electron chi connectivity index (χ1n) is 12.3. The summed E-state index contributed by atoms with van der Waals surface area (Å²) >= 11 is 0. The number of fused-ring (bicyclic) bond motifs is 1. The minimum absolute atomic E-state index is 0.0579. The van der Waals surface area contributed by atoms with Crippen LogP contribution in [0.2, 0.25) is 0 Å². The molecule has 5 rings (SSSR count). The second-order valence-corrected chi connectivity index (χ2v) is 10.4. The third-order valence-electron chi connectivity index (χ3n) is 6.40. The molecule has 1 unspecified atom stereocenters. The van der Waals surface area contributed by atoms with Gasteiger partial charge < -0.3 is 25.1 Å². The Kier molecular flexibility index (Phi) is 6.15. The van der Waals surface area contributed by atoms with Gasteiger partial charge in [-0.05, 0) is 70.5 Å². The predicted octanol–water partition coefficient (Wildman–Crippen LogP) is 5.25. The summed E-state index contributed by atoms with van der Waals surface area (Å²) in [5, 5.41) is 4.47. The van der Waals surface area contributed by atoms with Gasteiger partial charge in [-0.2, -0.15) is 5.10 Å². The largest absolute Gasteiger partial charge is 0.457 e. The number of nitrogens with zero attached hydrogens (tertiary/aromatic N) is 3. The van der Waals surface area contributed by atoms with Crippen LogP contribution in [0.1, 0.15) is 54.7 Å². The van der Waals surface area contributed by atoms with Crippen molar-refractivity contribution in [1.29, 1.82) is 0 Å². The molecule has 0 radical (unpaired) electrons. The molecule has 0 aliphatic carbocycles. The van der Waals surface area contributed by atoms with Crippen LogP contribution in [0.3, 0.4) is 0 Å². The molecular weight excluding hydrogens is 470 g/mol. The van der Waals surface area contributed by atoms with Crippen LogP contribution in [-0.2, 0) is 4.74 Å². The number of rotatable bonds is 5. The van der Waals surface area contributed by atoms with Crippen molar-refractivity contribution in [2.45, 2.75) is 45.6 Å². The van der Waals surface area contributed by atoms with Gasteiger partial charge in [0.05, 0.1) is 11.9 Å². The highest BCUT2D eigenvalue weighted by atomic mass is 16.6. The summed E-state index contributed by atoms with van der Waals surface area (Å²) in [7, 11) is 0. The van der Waals surface area contributed by atoms with E-state index in [1.54, 1.807) is 15.6 Å². The first-order valence-corrected chi connectivity index (χ1v) is 12.3. The van der Waals surface area contributed by atoms with E-state index in [2.05, 4.69) is 10.1 Å². The van der Waals surface area contributed by atoms with Crippen molar-refractivity contribution < 1.29 is 19.1 Å². The van der Waals surface area contributed by atoms with Gasteiger partial charge >= 0.3 is 6.09 Å². The lowest BCUT2D eigenvalue weighted by molar-refractivity contribution is 0.0292. The topological polar surface area (TPSA) is 115 Å². The van der Waals surface area contributed by atoms with E-state index in [-0.39, 0.29) is 17.7 Å². The molecule has 9 nitrogen and oxygen atoms in total. The molecule has 1 atom stereocenters. The number of aromatic nitrogens is 3. The maximum absolute atomic E-state index is 12.5. The van der Waals surface area contributed by atoms with E-state index in [0.29, 0.717) is 30.2 Å². The molecule has 4 aromatic rings. The van der Waals surface area contributed by atoms with Crippen LogP contribution in [0, 0.1) is 6.92 Å². The van der Waals surface area contributed by atoms with Gasteiger partial charge in [0.1, 0.15) is 22.7 Å². The van der Waals surface area contributed by atoms with Crippen molar-refractivity contribution in [1.82, 2.24) is 19.5 Å². The van der Waals surface area contributed by atoms with E-state index in [9.17, 15) is 9.59 Å². The Hall–Kier alpha value is -4.27. The number of hydrogen-bond donors (Lipinski definition) is 2. The highest BCUT2D eigenvalue weighted by molar-refractivity contribution is 5.98. The highest BCUT2D eigenvalue weighted by Gasteiger charge is 2.33. The average molecular weight is 502 g/mol. The summed E-state index contributed by atoms with van der Waals surface area (Å²) in [5.41, 5.74) is 9.65. The summed E-state index contributed by atoms with van der Waals surface area (Å²) in [6.07, 6.45) is 2.19. The molecule has 192 valence electrons. The molecule has 9 heteroatoms. The number of carbonyl (C=O) groups is 2. The first-order chi connectivity index (χ1) is 17.6. The number of carbonyl (C=O) groups excluding carboxylic acids is 2. The molecule has 3 heterocycles. The Bertz CT molecular complexity index is 1440. The standard InChI is InChI=1S/C28H31N5O4/c1-17-5-9-20(10-6-17)36-21-11-7-18(8-12-21)23-24(25(29)34)33-26(31-23)22(15-30-33)19-13-14-32(16-19)27(35)37-28(2,3)4/h5-12,15,19,31H,13-14,16H2,1-4H3,(H2,29,34). The fourth-order valence-electron chi connectivity index (χ4n) is 4.61. The summed E-state index contributed by atoms with van der Waals surface area (Å²) < 4.78 is 13.0. The number of nitrogens with two attached hydrogens (primary N) is 1. The van der Waals surface area contributed by atoms with Gasteiger partial charge in [0, 0.05) is 30.1 Å². The van der Waals surface area contributed by atoms with Crippen LogP contribution in [0.5, 0.6) is 11.5 Å². The van der Waals surface area contributed by atoms with E-state index < -0.39 is 11.5 Å². The molecule has 3 N–H and O–H groups in total. The van der Waals surface area contributed by atoms with E-state index in [4.69, 9.17) is 15.2 Å². The van der Waals surface area contributed by atoms with E-state index in [1.165, 1.54) is 0 Å². The number of likely N-dealkylation sites (tertiary alicyclic amines) is 1. The third-order valence-corrected chi connectivity index (χ3v) is 6.40. The van der Waals surface area contributed by atoms with Crippen LogP contribution in [0.4, 0.5) is 4.79 Å². The SMILES string of the molecule is Cc1ccc(Oc2ccc(-c3[nH]c4c(C5CCN(C(=O)OC(C)(C)C)C5)cnn4c3C(N)=O)cc2)cc1. The number of imidazole rings is 1. The number of amides is 2. The Balaban J connectivity index is 1.40. The van der Waals surface area contributed by atoms with Crippen molar-refractivity contribution in [3.05, 3.63) is 71.5 Å². The smallest absolute Gasteiger partial charge is 0.410 e. The second-order valence-electron chi connectivity index (χ2n) is 10.4. The van der Waals surface area contributed by atoms with Gasteiger partial charge in [-0.3, -0.25) is 4.79 Å². The Labute approximate surface area is 215 Å². The van der Waals surface area contributed by atoms with Gasteiger partial charge in [0.2, 0.25) is 0 Å². The normalized spacial score (nSPS) is 15.8. The quantitative estimate of drug-likeness (QED) is 0.387. The molecule has 2 aromatic heterocycles. The molecule has 0 spiro atoms. The van der Waals surface area contributed by atoms with Crippen molar-refractivity contribution >= 4 is 17.6 Å². The van der Waals surface area contributed by atoms with E-state index in [0.717, 1.165) is 28.9 Å². The zero-order chi connectivity index (χ0) is 26.3. The lowest BCUT2D eigenvalue weighted by Gasteiger charge is -2.24. The lowest BCUT2D eigenvalue weighted by Crippen LogP contribution is -2.35. The van der Waals surface area contributed by atoms with Crippen LogP contribution in [-0.4, -0.2) is 50.2 Å². The highest BCUT2D eigenvalue weighted by Crippen LogP contribution is 2.34. The third kappa shape index (κ3) is 5.02. The Morgan fingerprint density at radius 2 is 1.70 bits per heavy atom. The summed E-state index contributed by atoms with van der Waals surface area (Å²) in [4.78, 5) is 30.1. The number of aryl methyl sites for hydroxylation is 1. The van der Waals surface area contributed by atoms with Crippen LogP contribution >= 0.6 is 0 Å². The summed E-state index contributed by atoms with van der Waals surface area (Å²) in [5.74, 6) is 0.898. The minimum atomic E-state index is -0.585. The summed E-state index contributed by atoms with van der Waals surface area (Å²) in [6.45, 7) is 8.70. The van der Waals surface area contributed by atoms with Crippen molar-refractivity contribution in [3.8, 4) is 22.8 Å². The number of hydrogen-bond acceptors (Lipinski definition) is 5. The molecule has 2 amide bonds. The molecule has 2 aromatic carbocycles. The number of benzene rings is 2. The Morgan fingerprint density at radius 1 is 1.05 bits per heavy atom. The van der Waals surface area contributed by atoms with Crippen LogP contribution in [0.25, 0.3) is 16.9 Å². The first kappa shape index (κ1) is 24.4. The molecule has 1 fully saturated rings.